The minimum absolute atomic E-state index is 0.0280. The third-order valence-electron chi connectivity index (χ3n) is 6.24. The van der Waals surface area contributed by atoms with Crippen LogP contribution in [0.1, 0.15) is 46.9 Å². The van der Waals surface area contributed by atoms with E-state index in [9.17, 15) is 14.0 Å². The lowest BCUT2D eigenvalue weighted by Crippen LogP contribution is -2.61. The molecule has 0 saturated carbocycles. The second-order valence-corrected chi connectivity index (χ2v) is 10.1. The van der Waals surface area contributed by atoms with Gasteiger partial charge in [0.1, 0.15) is 10.5 Å². The molecule has 0 bridgehead atoms. The zero-order valence-corrected chi connectivity index (χ0v) is 20.3. The molecule has 0 radical (unpaired) electrons. The van der Waals surface area contributed by atoms with E-state index in [2.05, 4.69) is 30.6 Å². The molecule has 1 atom stereocenters. The number of fused-ring (bicyclic) bond motifs is 1. The van der Waals surface area contributed by atoms with Crippen LogP contribution in [0.25, 0.3) is 10.3 Å². The van der Waals surface area contributed by atoms with Crippen LogP contribution in [-0.2, 0) is 9.53 Å². The number of hydrogen-bond donors (Lipinski definition) is 2. The van der Waals surface area contributed by atoms with E-state index in [1.165, 1.54) is 17.4 Å². The largest absolute Gasteiger partial charge is 0.381 e. The summed E-state index contributed by atoms with van der Waals surface area (Å²) in [5.41, 5.74) is 1.33. The van der Waals surface area contributed by atoms with Crippen LogP contribution >= 0.6 is 11.3 Å². The Morgan fingerprint density at radius 2 is 1.97 bits per heavy atom. The van der Waals surface area contributed by atoms with Gasteiger partial charge in [-0.05, 0) is 38.3 Å². The average Bonchev–Trinajstić information content (AvgIpc) is 3.20. The first-order chi connectivity index (χ1) is 16.9. The molecule has 10 nitrogen and oxygen atoms in total. The van der Waals surface area contributed by atoms with Crippen molar-refractivity contribution >= 4 is 39.4 Å². The number of aromatic nitrogens is 4. The number of nitrogens with zero attached hydrogens (tertiary/aromatic N) is 5. The number of carbonyl (C=O) groups is 2. The molecular formula is C23H26FN7O3S. The van der Waals surface area contributed by atoms with E-state index >= 15 is 0 Å². The minimum atomic E-state index is -0.435. The molecule has 0 unspecified atom stereocenters. The standard InChI is InChI=1S/C23H26FN7O3S/c1-12(15-7-16(24)9-25-8-15)26-23-29-18(19-20(30-23)27-13(2)35-19)22(33)31-10-17(11-31)28-21(32)14-3-5-34-6-4-14/h7-9,12,14,17H,3-6,10-11H2,1-2H3,(H,28,32)(H,26,29,30)/t12-/m0/s1. The van der Waals surface area contributed by atoms with Crippen LogP contribution in [0.5, 0.6) is 0 Å². The van der Waals surface area contributed by atoms with Crippen LogP contribution in [0.3, 0.4) is 0 Å². The number of hydrogen-bond acceptors (Lipinski definition) is 9. The highest BCUT2D eigenvalue weighted by Gasteiger charge is 2.36. The minimum Gasteiger partial charge on any atom is -0.381 e. The maximum absolute atomic E-state index is 13.6. The SMILES string of the molecule is Cc1nc2nc(N[C@@H](C)c3cncc(F)c3)nc(C(=O)N3CC(NC(=O)C4CCOCC4)C3)c2s1. The summed E-state index contributed by atoms with van der Waals surface area (Å²) >= 11 is 1.36. The Balaban J connectivity index is 1.29. The molecule has 2 saturated heterocycles. The molecule has 5 heterocycles. The van der Waals surface area contributed by atoms with Crippen molar-refractivity contribution in [2.24, 2.45) is 5.92 Å². The van der Waals surface area contributed by atoms with Gasteiger partial charge >= 0.3 is 0 Å². The number of anilines is 1. The first-order valence-electron chi connectivity index (χ1n) is 11.6. The third-order valence-corrected chi connectivity index (χ3v) is 7.21. The molecule has 3 aromatic heterocycles. The third kappa shape index (κ3) is 5.08. The summed E-state index contributed by atoms with van der Waals surface area (Å²) in [6.45, 7) is 5.74. The maximum Gasteiger partial charge on any atom is 0.274 e. The van der Waals surface area contributed by atoms with Gasteiger partial charge in [0.2, 0.25) is 11.9 Å². The van der Waals surface area contributed by atoms with Crippen molar-refractivity contribution in [1.29, 1.82) is 0 Å². The normalized spacial score (nSPS) is 17.7. The molecule has 2 amide bonds. The Morgan fingerprint density at radius 1 is 1.20 bits per heavy atom. The van der Waals surface area contributed by atoms with Gasteiger partial charge in [-0.2, -0.15) is 4.98 Å². The molecule has 2 N–H and O–H groups in total. The lowest BCUT2D eigenvalue weighted by Gasteiger charge is -2.40. The molecule has 0 aromatic carbocycles. The quantitative estimate of drug-likeness (QED) is 0.530. The second kappa shape index (κ2) is 9.78. The molecule has 0 aliphatic carbocycles. The second-order valence-electron chi connectivity index (χ2n) is 8.89. The number of thiazole rings is 1. The summed E-state index contributed by atoms with van der Waals surface area (Å²) in [6, 6.07) is 0.969. The summed E-state index contributed by atoms with van der Waals surface area (Å²) in [4.78, 5) is 44.8. The van der Waals surface area contributed by atoms with Gasteiger partial charge in [-0.1, -0.05) is 0 Å². The fourth-order valence-electron chi connectivity index (χ4n) is 4.24. The van der Waals surface area contributed by atoms with Crippen LogP contribution in [0.4, 0.5) is 10.3 Å². The molecule has 0 spiro atoms. The molecule has 2 fully saturated rings. The number of amides is 2. The van der Waals surface area contributed by atoms with Crippen molar-refractivity contribution in [2.45, 2.75) is 38.8 Å². The van der Waals surface area contributed by atoms with Crippen molar-refractivity contribution in [2.75, 3.05) is 31.6 Å². The van der Waals surface area contributed by atoms with Crippen LogP contribution in [0, 0.1) is 18.7 Å². The van der Waals surface area contributed by atoms with Gasteiger partial charge in [0.15, 0.2) is 11.3 Å². The number of ether oxygens (including phenoxy) is 1. The summed E-state index contributed by atoms with van der Waals surface area (Å²) in [5.74, 6) is -0.442. The number of pyridine rings is 1. The monoisotopic (exact) mass is 499 g/mol. The summed E-state index contributed by atoms with van der Waals surface area (Å²) in [6.07, 6.45) is 4.16. The van der Waals surface area contributed by atoms with Crippen molar-refractivity contribution in [1.82, 2.24) is 30.2 Å². The fourth-order valence-corrected chi connectivity index (χ4v) is 5.08. The van der Waals surface area contributed by atoms with Crippen LogP contribution in [-0.4, -0.2) is 69.0 Å². The van der Waals surface area contributed by atoms with Crippen molar-refractivity contribution in [3.63, 3.8) is 0 Å². The highest BCUT2D eigenvalue weighted by Crippen LogP contribution is 2.28. The number of aryl methyl sites for hydroxylation is 1. The smallest absolute Gasteiger partial charge is 0.274 e. The number of nitrogens with one attached hydrogen (secondary N) is 2. The first-order valence-corrected chi connectivity index (χ1v) is 12.4. The highest BCUT2D eigenvalue weighted by atomic mass is 32.1. The Labute approximate surface area is 205 Å². The molecule has 12 heteroatoms. The lowest BCUT2D eigenvalue weighted by molar-refractivity contribution is -0.129. The van der Waals surface area contributed by atoms with Gasteiger partial charge < -0.3 is 20.3 Å². The van der Waals surface area contributed by atoms with E-state index < -0.39 is 5.82 Å². The Bertz CT molecular complexity index is 1260. The van der Waals surface area contributed by atoms with Crippen molar-refractivity contribution < 1.29 is 18.7 Å². The van der Waals surface area contributed by atoms with Gasteiger partial charge in [0.05, 0.1) is 23.3 Å². The van der Waals surface area contributed by atoms with Gasteiger partial charge in [0.25, 0.3) is 5.91 Å². The predicted molar refractivity (Wildman–Crippen MR) is 128 cm³/mol. The zero-order chi connectivity index (χ0) is 24.5. The molecule has 2 aliphatic heterocycles. The highest BCUT2D eigenvalue weighted by molar-refractivity contribution is 7.18. The average molecular weight is 500 g/mol. The fraction of sp³-hybridized carbons (Fsp3) is 0.478. The van der Waals surface area contributed by atoms with E-state index in [1.807, 2.05) is 13.8 Å². The lowest BCUT2D eigenvalue weighted by atomic mass is 9.98. The Morgan fingerprint density at radius 3 is 2.71 bits per heavy atom. The molecule has 184 valence electrons. The first kappa shape index (κ1) is 23.5. The predicted octanol–water partition coefficient (Wildman–Crippen LogP) is 2.47. The van der Waals surface area contributed by atoms with E-state index in [1.54, 1.807) is 11.1 Å². The van der Waals surface area contributed by atoms with Crippen LogP contribution < -0.4 is 10.6 Å². The van der Waals surface area contributed by atoms with Crippen molar-refractivity contribution in [3.05, 3.63) is 40.5 Å². The molecule has 5 rings (SSSR count). The van der Waals surface area contributed by atoms with Gasteiger partial charge in [0, 0.05) is 38.4 Å². The van der Waals surface area contributed by atoms with Crippen LogP contribution in [0.2, 0.25) is 0 Å². The van der Waals surface area contributed by atoms with Gasteiger partial charge in [-0.3, -0.25) is 14.6 Å². The maximum atomic E-state index is 13.6. The summed E-state index contributed by atoms with van der Waals surface area (Å²) < 4.78 is 19.5. The zero-order valence-electron chi connectivity index (χ0n) is 19.5. The number of halogens is 1. The topological polar surface area (TPSA) is 122 Å². The van der Waals surface area contributed by atoms with E-state index in [-0.39, 0.29) is 41.5 Å². The number of likely N-dealkylation sites (tertiary alicyclic amines) is 1. The van der Waals surface area contributed by atoms with E-state index in [0.29, 0.717) is 42.2 Å². The van der Waals surface area contributed by atoms with E-state index in [0.717, 1.165) is 24.0 Å². The van der Waals surface area contributed by atoms with Gasteiger partial charge in [-0.15, -0.1) is 11.3 Å². The number of carbonyl (C=O) groups excluding carboxylic acids is 2. The molecule has 35 heavy (non-hydrogen) atoms. The Hall–Kier alpha value is -3.25. The van der Waals surface area contributed by atoms with E-state index in [4.69, 9.17) is 4.74 Å². The van der Waals surface area contributed by atoms with Crippen molar-refractivity contribution in [3.8, 4) is 0 Å². The van der Waals surface area contributed by atoms with Crippen LogP contribution in [0.15, 0.2) is 18.5 Å². The summed E-state index contributed by atoms with van der Waals surface area (Å²) in [5, 5.41) is 6.94. The number of rotatable bonds is 6. The van der Waals surface area contributed by atoms with Gasteiger partial charge in [-0.25, -0.2) is 14.4 Å². The molecular weight excluding hydrogens is 473 g/mol. The molecule has 2 aliphatic rings. The molecule has 3 aromatic rings. The summed E-state index contributed by atoms with van der Waals surface area (Å²) in [7, 11) is 0. The Kier molecular flexibility index (Phi) is 6.56.